The molecule has 1 aromatic heterocycles. The Morgan fingerprint density at radius 2 is 2.22 bits per heavy atom. The number of nitrogens with zero attached hydrogens (tertiary/aromatic N) is 3. The van der Waals surface area contributed by atoms with E-state index in [-0.39, 0.29) is 0 Å². The van der Waals surface area contributed by atoms with Gasteiger partial charge in [0.2, 0.25) is 5.95 Å². The summed E-state index contributed by atoms with van der Waals surface area (Å²) in [5.41, 5.74) is 0. The summed E-state index contributed by atoms with van der Waals surface area (Å²) in [7, 11) is 1.70. The summed E-state index contributed by atoms with van der Waals surface area (Å²) in [6.45, 7) is 1.53. The number of hydrogen-bond acceptors (Lipinski definition) is 6. The van der Waals surface area contributed by atoms with Crippen molar-refractivity contribution in [3.05, 3.63) is 6.20 Å². The van der Waals surface area contributed by atoms with Gasteiger partial charge in [-0.2, -0.15) is 10.1 Å². The third kappa shape index (κ3) is 4.10. The maximum atomic E-state index is 4.98. The van der Waals surface area contributed by atoms with E-state index in [4.69, 9.17) is 4.74 Å². The van der Waals surface area contributed by atoms with Crippen molar-refractivity contribution in [2.24, 2.45) is 0 Å². The van der Waals surface area contributed by atoms with Crippen molar-refractivity contribution in [1.29, 1.82) is 0 Å². The van der Waals surface area contributed by atoms with Gasteiger partial charge >= 0.3 is 0 Å². The Morgan fingerprint density at radius 3 is 3.00 bits per heavy atom. The minimum Gasteiger partial charge on any atom is -0.385 e. The molecule has 0 saturated heterocycles. The van der Waals surface area contributed by atoms with Gasteiger partial charge in [-0.3, -0.25) is 0 Å². The number of hydrogen-bond donors (Lipinski definition) is 2. The van der Waals surface area contributed by atoms with Crippen LogP contribution in [0, 0.1) is 0 Å². The molecule has 0 bridgehead atoms. The lowest BCUT2D eigenvalue weighted by Gasteiger charge is -2.12. The number of anilines is 2. The highest BCUT2D eigenvalue weighted by Gasteiger charge is 2.15. The van der Waals surface area contributed by atoms with Crippen molar-refractivity contribution in [2.75, 3.05) is 30.9 Å². The Labute approximate surface area is 108 Å². The van der Waals surface area contributed by atoms with Crippen LogP contribution in [0.5, 0.6) is 0 Å². The average Bonchev–Trinajstić information content (AvgIpc) is 2.88. The highest BCUT2D eigenvalue weighted by Crippen LogP contribution is 2.21. The Balaban J connectivity index is 1.80. The molecule has 1 heterocycles. The van der Waals surface area contributed by atoms with Gasteiger partial charge in [0.05, 0.1) is 6.20 Å². The van der Waals surface area contributed by atoms with Gasteiger partial charge in [-0.25, -0.2) is 0 Å². The van der Waals surface area contributed by atoms with Crippen molar-refractivity contribution < 1.29 is 4.74 Å². The zero-order chi connectivity index (χ0) is 12.6. The van der Waals surface area contributed by atoms with E-state index >= 15 is 0 Å². The molecule has 1 aromatic rings. The van der Waals surface area contributed by atoms with E-state index in [9.17, 15) is 0 Å². The Bertz CT molecular complexity index is 354. The van der Waals surface area contributed by atoms with E-state index < -0.39 is 0 Å². The molecule has 0 atom stereocenters. The predicted octanol–water partition coefficient (Wildman–Crippen LogP) is 1.67. The number of aromatic nitrogens is 3. The van der Waals surface area contributed by atoms with E-state index in [1.807, 2.05) is 0 Å². The second-order valence-corrected chi connectivity index (χ2v) is 4.56. The van der Waals surface area contributed by atoms with Crippen LogP contribution in [0.2, 0.25) is 0 Å². The molecule has 6 nitrogen and oxygen atoms in total. The molecule has 1 fully saturated rings. The van der Waals surface area contributed by atoms with Crippen LogP contribution in [0.4, 0.5) is 11.8 Å². The normalized spacial score (nSPS) is 15.8. The summed E-state index contributed by atoms with van der Waals surface area (Å²) >= 11 is 0. The molecule has 1 aliphatic rings. The van der Waals surface area contributed by atoms with Gasteiger partial charge in [0, 0.05) is 26.3 Å². The molecular formula is C12H21N5O. The smallest absolute Gasteiger partial charge is 0.244 e. The Hall–Kier alpha value is -1.43. The van der Waals surface area contributed by atoms with E-state index in [0.29, 0.717) is 12.0 Å². The van der Waals surface area contributed by atoms with Crippen LogP contribution in [0.25, 0.3) is 0 Å². The van der Waals surface area contributed by atoms with E-state index in [2.05, 4.69) is 25.8 Å². The SMILES string of the molecule is COCCCNc1nncc(NC2CCCC2)n1. The second-order valence-electron chi connectivity index (χ2n) is 4.56. The van der Waals surface area contributed by atoms with Crippen LogP contribution in [0.15, 0.2) is 6.20 Å². The van der Waals surface area contributed by atoms with Crippen LogP contribution in [0.1, 0.15) is 32.1 Å². The maximum absolute atomic E-state index is 4.98. The number of methoxy groups -OCH3 is 1. The molecule has 0 unspecified atom stereocenters. The largest absolute Gasteiger partial charge is 0.385 e. The molecule has 18 heavy (non-hydrogen) atoms. The summed E-state index contributed by atoms with van der Waals surface area (Å²) in [4.78, 5) is 4.40. The minimum absolute atomic E-state index is 0.544. The molecule has 1 aliphatic carbocycles. The van der Waals surface area contributed by atoms with Crippen LogP contribution >= 0.6 is 0 Å². The quantitative estimate of drug-likeness (QED) is 0.718. The Kier molecular flexibility index (Phi) is 5.14. The first-order chi connectivity index (χ1) is 8.88. The van der Waals surface area contributed by atoms with Crippen LogP contribution < -0.4 is 10.6 Å². The van der Waals surface area contributed by atoms with E-state index in [1.165, 1.54) is 25.7 Å². The lowest BCUT2D eigenvalue weighted by Crippen LogP contribution is -2.17. The topological polar surface area (TPSA) is 72.0 Å². The first-order valence-electron chi connectivity index (χ1n) is 6.57. The number of rotatable bonds is 7. The standard InChI is InChI=1S/C12H21N5O/c1-18-8-4-7-13-12-16-11(9-14-17-12)15-10-5-2-3-6-10/h9-10H,2-8H2,1H3,(H2,13,15,16,17). The van der Waals surface area contributed by atoms with Gasteiger partial charge in [0.15, 0.2) is 5.82 Å². The zero-order valence-corrected chi connectivity index (χ0v) is 10.9. The minimum atomic E-state index is 0.544. The highest BCUT2D eigenvalue weighted by molar-refractivity contribution is 5.37. The molecule has 2 N–H and O–H groups in total. The summed E-state index contributed by atoms with van der Waals surface area (Å²) in [6.07, 6.45) is 7.66. The van der Waals surface area contributed by atoms with Crippen molar-refractivity contribution in [3.63, 3.8) is 0 Å². The van der Waals surface area contributed by atoms with Gasteiger partial charge in [0.1, 0.15) is 0 Å². The van der Waals surface area contributed by atoms with Gasteiger partial charge in [-0.15, -0.1) is 5.10 Å². The van der Waals surface area contributed by atoms with Crippen LogP contribution in [-0.4, -0.2) is 41.5 Å². The second kappa shape index (κ2) is 7.10. The van der Waals surface area contributed by atoms with Gasteiger partial charge in [-0.1, -0.05) is 12.8 Å². The lowest BCUT2D eigenvalue weighted by molar-refractivity contribution is 0.197. The molecule has 0 amide bonds. The highest BCUT2D eigenvalue weighted by atomic mass is 16.5. The third-order valence-corrected chi connectivity index (χ3v) is 3.07. The predicted molar refractivity (Wildman–Crippen MR) is 70.7 cm³/mol. The fourth-order valence-corrected chi connectivity index (χ4v) is 2.14. The van der Waals surface area contributed by atoms with Crippen molar-refractivity contribution in [3.8, 4) is 0 Å². The summed E-state index contributed by atoms with van der Waals surface area (Å²) in [5.74, 6) is 1.39. The molecule has 0 aromatic carbocycles. The van der Waals surface area contributed by atoms with Crippen molar-refractivity contribution in [2.45, 2.75) is 38.1 Å². The molecular weight excluding hydrogens is 230 g/mol. The third-order valence-electron chi connectivity index (χ3n) is 3.07. The maximum Gasteiger partial charge on any atom is 0.244 e. The fourth-order valence-electron chi connectivity index (χ4n) is 2.14. The molecule has 0 radical (unpaired) electrons. The first kappa shape index (κ1) is 13.0. The molecule has 100 valence electrons. The molecule has 2 rings (SSSR count). The molecule has 6 heteroatoms. The average molecular weight is 251 g/mol. The molecule has 1 saturated carbocycles. The first-order valence-corrected chi connectivity index (χ1v) is 6.57. The summed E-state index contributed by atoms with van der Waals surface area (Å²) < 4.78 is 4.98. The zero-order valence-electron chi connectivity index (χ0n) is 10.9. The van der Waals surface area contributed by atoms with Gasteiger partial charge in [0.25, 0.3) is 0 Å². The molecule has 0 spiro atoms. The Morgan fingerprint density at radius 1 is 1.39 bits per heavy atom. The lowest BCUT2D eigenvalue weighted by atomic mass is 10.2. The van der Waals surface area contributed by atoms with Crippen molar-refractivity contribution in [1.82, 2.24) is 15.2 Å². The fraction of sp³-hybridized carbons (Fsp3) is 0.750. The van der Waals surface area contributed by atoms with Gasteiger partial charge < -0.3 is 15.4 Å². The van der Waals surface area contributed by atoms with E-state index in [1.54, 1.807) is 13.3 Å². The monoisotopic (exact) mass is 251 g/mol. The van der Waals surface area contributed by atoms with Crippen LogP contribution in [0.3, 0.4) is 0 Å². The molecule has 0 aliphatic heterocycles. The van der Waals surface area contributed by atoms with Crippen LogP contribution in [-0.2, 0) is 4.74 Å². The summed E-state index contributed by atoms with van der Waals surface area (Å²) in [5, 5.41) is 14.5. The summed E-state index contributed by atoms with van der Waals surface area (Å²) in [6, 6.07) is 0.544. The number of nitrogens with one attached hydrogen (secondary N) is 2. The number of ether oxygens (including phenoxy) is 1. The van der Waals surface area contributed by atoms with Crippen molar-refractivity contribution >= 4 is 11.8 Å². The van der Waals surface area contributed by atoms with E-state index in [0.717, 1.165) is 25.4 Å². The van der Waals surface area contributed by atoms with Gasteiger partial charge in [-0.05, 0) is 19.3 Å².